The van der Waals surface area contributed by atoms with Crippen LogP contribution in [0.15, 0.2) is 24.3 Å². The van der Waals surface area contributed by atoms with Gasteiger partial charge in [0.25, 0.3) is 0 Å². The van der Waals surface area contributed by atoms with Crippen molar-refractivity contribution in [3.63, 3.8) is 0 Å². The average molecular weight is 240 g/mol. The number of amides is 1. The van der Waals surface area contributed by atoms with Crippen LogP contribution in [-0.2, 0) is 4.79 Å². The van der Waals surface area contributed by atoms with Gasteiger partial charge in [0.05, 0.1) is 6.07 Å². The Morgan fingerprint density at radius 2 is 2.00 bits per heavy atom. The number of ether oxygens (including phenoxy) is 1. The summed E-state index contributed by atoms with van der Waals surface area (Å²) in [7, 11) is 0. The first-order valence-corrected chi connectivity index (χ1v) is 4.78. The monoisotopic (exact) mass is 240 g/mol. The number of rotatable bonds is 4. The predicted octanol–water partition coefficient (Wildman–Crippen LogP) is 2.39. The minimum absolute atomic E-state index is 0.00586. The van der Waals surface area contributed by atoms with Crippen LogP contribution in [0.5, 0.6) is 5.75 Å². The van der Waals surface area contributed by atoms with Crippen LogP contribution in [0.4, 0.5) is 14.5 Å². The van der Waals surface area contributed by atoms with Gasteiger partial charge in [0, 0.05) is 5.69 Å². The zero-order valence-electron chi connectivity index (χ0n) is 8.98. The Bertz CT molecular complexity index is 426. The highest BCUT2D eigenvalue weighted by atomic mass is 19.3. The van der Waals surface area contributed by atoms with Crippen molar-refractivity contribution in [3.8, 4) is 11.8 Å². The van der Waals surface area contributed by atoms with Crippen molar-refractivity contribution in [2.24, 2.45) is 5.92 Å². The molecular weight excluding hydrogens is 230 g/mol. The van der Waals surface area contributed by atoms with Gasteiger partial charge in [-0.15, -0.1) is 0 Å². The van der Waals surface area contributed by atoms with Crippen molar-refractivity contribution in [1.29, 1.82) is 5.26 Å². The van der Waals surface area contributed by atoms with E-state index in [0.717, 1.165) is 0 Å². The number of hydrogen-bond donors (Lipinski definition) is 1. The molecular formula is C11H10F2N2O2. The second-order valence-electron chi connectivity index (χ2n) is 3.24. The van der Waals surface area contributed by atoms with Crippen molar-refractivity contribution in [2.75, 3.05) is 5.32 Å². The molecule has 0 aliphatic carbocycles. The van der Waals surface area contributed by atoms with Gasteiger partial charge in [0.15, 0.2) is 0 Å². The van der Waals surface area contributed by atoms with Crippen LogP contribution in [0, 0.1) is 17.2 Å². The first-order valence-electron chi connectivity index (χ1n) is 4.78. The molecule has 6 heteroatoms. The van der Waals surface area contributed by atoms with E-state index in [-0.39, 0.29) is 5.75 Å². The first kappa shape index (κ1) is 12.9. The largest absolute Gasteiger partial charge is 0.435 e. The maximum atomic E-state index is 11.9. The highest BCUT2D eigenvalue weighted by molar-refractivity contribution is 5.93. The van der Waals surface area contributed by atoms with Gasteiger partial charge in [-0.3, -0.25) is 4.79 Å². The lowest BCUT2D eigenvalue weighted by Crippen LogP contribution is -2.18. The van der Waals surface area contributed by atoms with Gasteiger partial charge in [-0.2, -0.15) is 14.0 Å². The molecule has 0 radical (unpaired) electrons. The van der Waals surface area contributed by atoms with Crippen molar-refractivity contribution in [1.82, 2.24) is 0 Å². The molecule has 17 heavy (non-hydrogen) atoms. The molecule has 0 saturated heterocycles. The van der Waals surface area contributed by atoms with E-state index in [4.69, 9.17) is 5.26 Å². The Balaban J connectivity index is 2.63. The second-order valence-corrected chi connectivity index (χ2v) is 3.24. The Hall–Kier alpha value is -2.16. The van der Waals surface area contributed by atoms with E-state index >= 15 is 0 Å². The summed E-state index contributed by atoms with van der Waals surface area (Å²) >= 11 is 0. The number of benzene rings is 1. The number of hydrogen-bond acceptors (Lipinski definition) is 3. The van der Waals surface area contributed by atoms with Crippen LogP contribution in [0.1, 0.15) is 6.92 Å². The summed E-state index contributed by atoms with van der Waals surface area (Å²) in [5, 5.41) is 11.0. The quantitative estimate of drug-likeness (QED) is 0.878. The van der Waals surface area contributed by atoms with Crippen LogP contribution in [0.2, 0.25) is 0 Å². The van der Waals surface area contributed by atoms with Gasteiger partial charge >= 0.3 is 6.61 Å². The van der Waals surface area contributed by atoms with Crippen LogP contribution in [-0.4, -0.2) is 12.5 Å². The number of halogens is 2. The normalized spacial score (nSPS) is 11.7. The van der Waals surface area contributed by atoms with E-state index < -0.39 is 18.4 Å². The first-order chi connectivity index (χ1) is 8.02. The Kier molecular flexibility index (Phi) is 4.40. The molecule has 90 valence electrons. The summed E-state index contributed by atoms with van der Waals surface area (Å²) in [4.78, 5) is 11.3. The van der Waals surface area contributed by atoms with Crippen molar-refractivity contribution >= 4 is 11.6 Å². The molecule has 1 aromatic carbocycles. The fourth-order valence-electron chi connectivity index (χ4n) is 1.03. The van der Waals surface area contributed by atoms with Crippen LogP contribution in [0.25, 0.3) is 0 Å². The summed E-state index contributed by atoms with van der Waals surface area (Å²) in [5.41, 5.74) is 0.415. The lowest BCUT2D eigenvalue weighted by atomic mass is 10.2. The smallest absolute Gasteiger partial charge is 0.387 e. The molecule has 1 amide bonds. The van der Waals surface area contributed by atoms with E-state index in [2.05, 4.69) is 10.1 Å². The molecule has 1 aromatic rings. The van der Waals surface area contributed by atoms with Gasteiger partial charge in [0.1, 0.15) is 11.7 Å². The maximum absolute atomic E-state index is 11.9. The minimum Gasteiger partial charge on any atom is -0.435 e. The number of nitrogens with one attached hydrogen (secondary N) is 1. The molecule has 0 fully saturated rings. The van der Waals surface area contributed by atoms with Crippen LogP contribution < -0.4 is 10.1 Å². The van der Waals surface area contributed by atoms with E-state index in [1.807, 2.05) is 0 Å². The Morgan fingerprint density at radius 1 is 1.41 bits per heavy atom. The zero-order chi connectivity index (χ0) is 12.8. The summed E-state index contributed by atoms with van der Waals surface area (Å²) in [6.45, 7) is -1.42. The van der Waals surface area contributed by atoms with Crippen molar-refractivity contribution in [3.05, 3.63) is 24.3 Å². The third-order valence-electron chi connectivity index (χ3n) is 1.93. The average Bonchev–Trinajstić information content (AvgIpc) is 2.30. The zero-order valence-corrected chi connectivity index (χ0v) is 8.98. The molecule has 0 aliphatic rings. The molecule has 1 atom stereocenters. The van der Waals surface area contributed by atoms with E-state index in [1.165, 1.54) is 31.2 Å². The predicted molar refractivity (Wildman–Crippen MR) is 56.5 cm³/mol. The maximum Gasteiger partial charge on any atom is 0.387 e. The van der Waals surface area contributed by atoms with Gasteiger partial charge < -0.3 is 10.1 Å². The molecule has 0 aliphatic heterocycles. The summed E-state index contributed by atoms with van der Waals surface area (Å²) in [5.74, 6) is -1.21. The molecule has 0 bridgehead atoms. The van der Waals surface area contributed by atoms with E-state index in [9.17, 15) is 13.6 Å². The molecule has 0 aromatic heterocycles. The molecule has 0 spiro atoms. The Labute approximate surface area is 96.8 Å². The molecule has 0 heterocycles. The van der Waals surface area contributed by atoms with E-state index in [1.54, 1.807) is 6.07 Å². The van der Waals surface area contributed by atoms with Gasteiger partial charge in [-0.25, -0.2) is 0 Å². The van der Waals surface area contributed by atoms with Crippen LogP contribution in [0.3, 0.4) is 0 Å². The molecule has 1 unspecified atom stereocenters. The number of nitrogens with zero attached hydrogens (tertiary/aromatic N) is 1. The third-order valence-corrected chi connectivity index (χ3v) is 1.93. The second kappa shape index (κ2) is 5.80. The fraction of sp³-hybridized carbons (Fsp3) is 0.273. The molecule has 1 rings (SSSR count). The topological polar surface area (TPSA) is 62.1 Å². The number of anilines is 1. The van der Waals surface area contributed by atoms with Gasteiger partial charge in [-0.1, -0.05) is 0 Å². The summed E-state index contributed by atoms with van der Waals surface area (Å²) in [6.07, 6.45) is 0. The number of carbonyl (C=O) groups is 1. The number of carbonyl (C=O) groups excluding carboxylic acids is 1. The Morgan fingerprint density at radius 3 is 2.47 bits per heavy atom. The highest BCUT2D eigenvalue weighted by Gasteiger charge is 2.11. The third kappa shape index (κ3) is 4.07. The standard InChI is InChI=1S/C11H10F2N2O2/c1-7(6-14)10(16)15-8-2-4-9(5-3-8)17-11(12)13/h2-5,7,11H,1H3,(H,15,16). The van der Waals surface area contributed by atoms with Gasteiger partial charge in [-0.05, 0) is 31.2 Å². The number of nitriles is 1. The lowest BCUT2D eigenvalue weighted by molar-refractivity contribution is -0.117. The minimum atomic E-state index is -2.88. The van der Waals surface area contributed by atoms with Gasteiger partial charge in [0.2, 0.25) is 5.91 Å². The SMILES string of the molecule is CC(C#N)C(=O)Nc1ccc(OC(F)F)cc1. The molecule has 4 nitrogen and oxygen atoms in total. The van der Waals surface area contributed by atoms with Crippen molar-refractivity contribution < 1.29 is 18.3 Å². The summed E-state index contributed by atoms with van der Waals surface area (Å²) < 4.78 is 27.9. The summed E-state index contributed by atoms with van der Waals surface area (Å²) in [6, 6.07) is 7.23. The fourth-order valence-corrected chi connectivity index (χ4v) is 1.03. The lowest BCUT2D eigenvalue weighted by Gasteiger charge is -2.08. The number of alkyl halides is 2. The van der Waals surface area contributed by atoms with Crippen molar-refractivity contribution in [2.45, 2.75) is 13.5 Å². The molecule has 1 N–H and O–H groups in total. The highest BCUT2D eigenvalue weighted by Crippen LogP contribution is 2.18. The van der Waals surface area contributed by atoms with Crippen LogP contribution >= 0.6 is 0 Å². The van der Waals surface area contributed by atoms with E-state index in [0.29, 0.717) is 5.69 Å². The molecule has 0 saturated carbocycles.